The van der Waals surface area contributed by atoms with Crippen LogP contribution in [0.3, 0.4) is 0 Å². The standard InChI is InChI=1S/C7H4BrClN2/c8-3-6-5(4-10)1-2-7(9)11-6/h1-2H,3H2. The van der Waals surface area contributed by atoms with Crippen LogP contribution < -0.4 is 0 Å². The Balaban J connectivity index is 3.19. The molecule has 0 amide bonds. The molecule has 0 radical (unpaired) electrons. The first-order valence-corrected chi connectivity index (χ1v) is 4.39. The molecule has 1 heterocycles. The van der Waals surface area contributed by atoms with Crippen molar-refractivity contribution in [3.8, 4) is 6.07 Å². The molecule has 0 aliphatic heterocycles. The zero-order chi connectivity index (χ0) is 8.27. The molecular formula is C7H4BrClN2. The lowest BCUT2D eigenvalue weighted by molar-refractivity contribution is 1.16. The molecule has 0 saturated carbocycles. The molecule has 0 fully saturated rings. The first kappa shape index (κ1) is 8.51. The first-order valence-electron chi connectivity index (χ1n) is 2.89. The maximum atomic E-state index is 8.59. The maximum absolute atomic E-state index is 8.59. The summed E-state index contributed by atoms with van der Waals surface area (Å²) in [7, 11) is 0. The summed E-state index contributed by atoms with van der Waals surface area (Å²) in [6.07, 6.45) is 0. The summed E-state index contributed by atoms with van der Waals surface area (Å²) < 4.78 is 0. The lowest BCUT2D eigenvalue weighted by Gasteiger charge is -1.97. The van der Waals surface area contributed by atoms with E-state index < -0.39 is 0 Å². The summed E-state index contributed by atoms with van der Waals surface area (Å²) in [5, 5.41) is 9.55. The average molecular weight is 231 g/mol. The van der Waals surface area contributed by atoms with Gasteiger partial charge in [-0.05, 0) is 12.1 Å². The van der Waals surface area contributed by atoms with Crippen molar-refractivity contribution < 1.29 is 0 Å². The number of nitrogens with zero attached hydrogens (tertiary/aromatic N) is 2. The number of alkyl halides is 1. The van der Waals surface area contributed by atoms with Gasteiger partial charge in [-0.1, -0.05) is 27.5 Å². The zero-order valence-electron chi connectivity index (χ0n) is 5.51. The van der Waals surface area contributed by atoms with Gasteiger partial charge < -0.3 is 0 Å². The predicted octanol–water partition coefficient (Wildman–Crippen LogP) is 2.50. The third-order valence-corrected chi connectivity index (χ3v) is 1.93. The van der Waals surface area contributed by atoms with E-state index in [1.807, 2.05) is 6.07 Å². The molecule has 1 aromatic heterocycles. The van der Waals surface area contributed by atoms with Crippen molar-refractivity contribution in [1.29, 1.82) is 5.26 Å². The Labute approximate surface area is 77.9 Å². The van der Waals surface area contributed by atoms with Crippen molar-refractivity contribution in [3.63, 3.8) is 0 Å². The van der Waals surface area contributed by atoms with E-state index in [2.05, 4.69) is 20.9 Å². The Morgan fingerprint density at radius 2 is 2.36 bits per heavy atom. The lowest BCUT2D eigenvalue weighted by atomic mass is 10.2. The third kappa shape index (κ3) is 1.92. The van der Waals surface area contributed by atoms with E-state index in [9.17, 15) is 0 Å². The minimum atomic E-state index is 0.415. The second kappa shape index (κ2) is 3.70. The molecule has 0 saturated heterocycles. The molecule has 4 heteroatoms. The second-order valence-corrected chi connectivity index (χ2v) is 2.82. The van der Waals surface area contributed by atoms with Crippen LogP contribution >= 0.6 is 27.5 Å². The molecule has 1 rings (SSSR count). The summed E-state index contributed by atoms with van der Waals surface area (Å²) in [4.78, 5) is 3.96. The van der Waals surface area contributed by atoms with Crippen molar-refractivity contribution in [2.75, 3.05) is 0 Å². The molecule has 0 aromatic carbocycles. The normalized spacial score (nSPS) is 9.18. The topological polar surface area (TPSA) is 36.7 Å². The number of aromatic nitrogens is 1. The molecule has 0 aliphatic rings. The highest BCUT2D eigenvalue weighted by Crippen LogP contribution is 2.12. The molecule has 0 spiro atoms. The second-order valence-electron chi connectivity index (χ2n) is 1.87. The Kier molecular flexibility index (Phi) is 2.86. The van der Waals surface area contributed by atoms with E-state index in [1.54, 1.807) is 12.1 Å². The number of hydrogen-bond acceptors (Lipinski definition) is 2. The van der Waals surface area contributed by atoms with Gasteiger partial charge in [-0.15, -0.1) is 0 Å². The van der Waals surface area contributed by atoms with Gasteiger partial charge in [0.05, 0.1) is 11.3 Å². The molecule has 56 valence electrons. The Bertz CT molecular complexity index is 306. The zero-order valence-corrected chi connectivity index (χ0v) is 7.85. The van der Waals surface area contributed by atoms with E-state index in [-0.39, 0.29) is 0 Å². The average Bonchev–Trinajstić information content (AvgIpc) is 2.04. The summed E-state index contributed by atoms with van der Waals surface area (Å²) >= 11 is 8.82. The number of nitriles is 1. The summed E-state index contributed by atoms with van der Waals surface area (Å²) in [6, 6.07) is 5.28. The van der Waals surface area contributed by atoms with Gasteiger partial charge in [0, 0.05) is 5.33 Å². The van der Waals surface area contributed by atoms with Crippen molar-refractivity contribution in [1.82, 2.24) is 4.98 Å². The van der Waals surface area contributed by atoms with Crippen molar-refractivity contribution in [2.45, 2.75) is 5.33 Å². The Hall–Kier alpha value is -0.590. The van der Waals surface area contributed by atoms with E-state index in [0.29, 0.717) is 21.7 Å². The minimum absolute atomic E-state index is 0.415. The fourth-order valence-corrected chi connectivity index (χ4v) is 1.27. The highest BCUT2D eigenvalue weighted by Gasteiger charge is 2.01. The number of halogens is 2. The first-order chi connectivity index (χ1) is 5.27. The maximum Gasteiger partial charge on any atom is 0.129 e. The number of hydrogen-bond donors (Lipinski definition) is 0. The van der Waals surface area contributed by atoms with Crippen LogP contribution in [0.1, 0.15) is 11.3 Å². The monoisotopic (exact) mass is 230 g/mol. The van der Waals surface area contributed by atoms with Gasteiger partial charge in [-0.25, -0.2) is 4.98 Å². The molecule has 2 nitrogen and oxygen atoms in total. The molecule has 0 unspecified atom stereocenters. The van der Waals surface area contributed by atoms with Crippen LogP contribution in [0, 0.1) is 11.3 Å². The number of rotatable bonds is 1. The van der Waals surface area contributed by atoms with Crippen molar-refractivity contribution in [3.05, 3.63) is 28.5 Å². The molecular weight excluding hydrogens is 227 g/mol. The van der Waals surface area contributed by atoms with Gasteiger partial charge in [0.25, 0.3) is 0 Å². The van der Waals surface area contributed by atoms with Gasteiger partial charge in [-0.3, -0.25) is 0 Å². The molecule has 0 N–H and O–H groups in total. The van der Waals surface area contributed by atoms with Gasteiger partial charge >= 0.3 is 0 Å². The number of pyridine rings is 1. The molecule has 0 aliphatic carbocycles. The molecule has 11 heavy (non-hydrogen) atoms. The molecule has 0 bridgehead atoms. The van der Waals surface area contributed by atoms with Crippen LogP contribution in [-0.4, -0.2) is 4.98 Å². The third-order valence-electron chi connectivity index (χ3n) is 1.19. The van der Waals surface area contributed by atoms with Crippen LogP contribution in [0.25, 0.3) is 0 Å². The highest BCUT2D eigenvalue weighted by molar-refractivity contribution is 9.08. The Morgan fingerprint density at radius 1 is 1.64 bits per heavy atom. The lowest BCUT2D eigenvalue weighted by Crippen LogP contribution is -1.90. The summed E-state index contributed by atoms with van der Waals surface area (Å²) in [5.74, 6) is 0. The van der Waals surface area contributed by atoms with Crippen LogP contribution in [0.4, 0.5) is 0 Å². The van der Waals surface area contributed by atoms with Gasteiger partial charge in [-0.2, -0.15) is 5.26 Å². The smallest absolute Gasteiger partial charge is 0.129 e. The molecule has 0 atom stereocenters. The fourth-order valence-electron chi connectivity index (χ4n) is 0.678. The van der Waals surface area contributed by atoms with Crippen molar-refractivity contribution >= 4 is 27.5 Å². The van der Waals surface area contributed by atoms with Gasteiger partial charge in [0.1, 0.15) is 11.2 Å². The highest BCUT2D eigenvalue weighted by atomic mass is 79.9. The van der Waals surface area contributed by atoms with E-state index >= 15 is 0 Å². The largest absolute Gasteiger partial charge is 0.239 e. The van der Waals surface area contributed by atoms with Crippen LogP contribution in [0.5, 0.6) is 0 Å². The predicted molar refractivity (Wildman–Crippen MR) is 46.6 cm³/mol. The van der Waals surface area contributed by atoms with Crippen LogP contribution in [0.2, 0.25) is 5.15 Å². The quantitative estimate of drug-likeness (QED) is 0.550. The van der Waals surface area contributed by atoms with E-state index in [4.69, 9.17) is 16.9 Å². The van der Waals surface area contributed by atoms with E-state index in [1.165, 1.54) is 0 Å². The van der Waals surface area contributed by atoms with Crippen LogP contribution in [0.15, 0.2) is 12.1 Å². The SMILES string of the molecule is N#Cc1ccc(Cl)nc1CBr. The fraction of sp³-hybridized carbons (Fsp3) is 0.143. The van der Waals surface area contributed by atoms with Crippen LogP contribution in [-0.2, 0) is 5.33 Å². The molecule has 1 aromatic rings. The summed E-state index contributed by atoms with van der Waals surface area (Å²) in [6.45, 7) is 0. The van der Waals surface area contributed by atoms with Crippen molar-refractivity contribution in [2.24, 2.45) is 0 Å². The van der Waals surface area contributed by atoms with Gasteiger partial charge in [0.15, 0.2) is 0 Å². The van der Waals surface area contributed by atoms with Gasteiger partial charge in [0.2, 0.25) is 0 Å². The Morgan fingerprint density at radius 3 is 2.91 bits per heavy atom. The summed E-state index contributed by atoms with van der Waals surface area (Å²) in [5.41, 5.74) is 1.24. The minimum Gasteiger partial charge on any atom is -0.239 e. The van der Waals surface area contributed by atoms with E-state index in [0.717, 1.165) is 0 Å².